The van der Waals surface area contributed by atoms with Crippen LogP contribution in [0.1, 0.15) is 11.1 Å². The minimum atomic E-state index is 0.860. The zero-order valence-electron chi connectivity index (χ0n) is 11.1. The van der Waals surface area contributed by atoms with E-state index in [9.17, 15) is 0 Å². The summed E-state index contributed by atoms with van der Waals surface area (Å²) in [4.78, 5) is 4.40. The Morgan fingerprint density at radius 3 is 2.95 bits per heavy atom. The van der Waals surface area contributed by atoms with Gasteiger partial charge >= 0.3 is 0 Å². The average molecular weight is 263 g/mol. The van der Waals surface area contributed by atoms with Crippen LogP contribution in [0, 0.1) is 0 Å². The largest absolute Gasteiger partial charge is 0.497 e. The van der Waals surface area contributed by atoms with Crippen LogP contribution in [0.25, 0.3) is 22.6 Å². The highest BCUT2D eigenvalue weighted by Crippen LogP contribution is 2.40. The van der Waals surface area contributed by atoms with E-state index < -0.39 is 0 Å². The molecule has 1 N–H and O–H groups in total. The van der Waals surface area contributed by atoms with Crippen molar-refractivity contribution in [3.63, 3.8) is 0 Å². The Balaban J connectivity index is 1.86. The van der Waals surface area contributed by atoms with Gasteiger partial charge in [-0.2, -0.15) is 5.10 Å². The molecule has 0 unspecified atom stereocenters. The molecule has 1 aliphatic carbocycles. The highest BCUT2D eigenvalue weighted by atomic mass is 16.5. The Morgan fingerprint density at radius 2 is 2.15 bits per heavy atom. The number of hydrogen-bond acceptors (Lipinski definition) is 3. The Hall–Kier alpha value is -2.62. The van der Waals surface area contributed by atoms with Crippen LogP contribution < -0.4 is 4.74 Å². The van der Waals surface area contributed by atoms with Gasteiger partial charge in [0.15, 0.2) is 0 Å². The van der Waals surface area contributed by atoms with Crippen LogP contribution in [0.3, 0.4) is 0 Å². The van der Waals surface area contributed by atoms with Crippen LogP contribution in [-0.2, 0) is 6.42 Å². The van der Waals surface area contributed by atoms with E-state index >= 15 is 0 Å². The molecule has 2 aromatic heterocycles. The highest BCUT2D eigenvalue weighted by Gasteiger charge is 2.25. The molecule has 4 heteroatoms. The summed E-state index contributed by atoms with van der Waals surface area (Å²) in [6.07, 6.45) is 2.69. The third-order valence-corrected chi connectivity index (χ3v) is 3.73. The van der Waals surface area contributed by atoms with Crippen molar-refractivity contribution >= 4 is 0 Å². The lowest BCUT2D eigenvalue weighted by atomic mass is 10.1. The summed E-state index contributed by atoms with van der Waals surface area (Å²) in [5.74, 6) is 0.860. The van der Waals surface area contributed by atoms with Gasteiger partial charge in [-0.1, -0.05) is 12.1 Å². The SMILES string of the molecule is COc1ccc2c(c1)-c1n[nH]c(-c3ccccn3)c1C2. The fraction of sp³-hybridized carbons (Fsp3) is 0.125. The van der Waals surface area contributed by atoms with E-state index in [0.717, 1.165) is 34.8 Å². The molecule has 0 amide bonds. The number of H-pyrrole nitrogens is 1. The van der Waals surface area contributed by atoms with Crippen LogP contribution in [0.5, 0.6) is 5.75 Å². The molecule has 0 radical (unpaired) electrons. The van der Waals surface area contributed by atoms with E-state index in [0.29, 0.717) is 0 Å². The van der Waals surface area contributed by atoms with Crippen LogP contribution in [-0.4, -0.2) is 22.3 Å². The Labute approximate surface area is 116 Å². The van der Waals surface area contributed by atoms with Gasteiger partial charge in [-0.25, -0.2) is 0 Å². The zero-order valence-corrected chi connectivity index (χ0v) is 11.1. The van der Waals surface area contributed by atoms with Gasteiger partial charge in [-0.3, -0.25) is 10.1 Å². The van der Waals surface area contributed by atoms with E-state index in [1.165, 1.54) is 11.1 Å². The van der Waals surface area contributed by atoms with Crippen molar-refractivity contribution in [1.82, 2.24) is 15.2 Å². The Kier molecular flexibility index (Phi) is 2.36. The van der Waals surface area contributed by atoms with Crippen LogP contribution in [0.4, 0.5) is 0 Å². The standard InChI is InChI=1S/C16H13N3O/c1-20-11-6-5-10-8-13-15(12(10)9-11)18-19-16(13)14-4-2-3-7-17-14/h2-7,9H,8H2,1H3,(H,18,19). The number of methoxy groups -OCH3 is 1. The van der Waals surface area contributed by atoms with Crippen LogP contribution in [0.15, 0.2) is 42.6 Å². The van der Waals surface area contributed by atoms with Gasteiger partial charge in [0.1, 0.15) is 5.75 Å². The van der Waals surface area contributed by atoms with E-state index in [1.54, 1.807) is 13.3 Å². The first kappa shape index (κ1) is 11.2. The summed E-state index contributed by atoms with van der Waals surface area (Å²) in [6.45, 7) is 0. The number of benzene rings is 1. The Bertz CT molecular complexity index is 778. The van der Waals surface area contributed by atoms with Crippen molar-refractivity contribution in [3.05, 3.63) is 53.7 Å². The summed E-state index contributed by atoms with van der Waals surface area (Å²) in [5, 5.41) is 7.59. The predicted octanol–water partition coefficient (Wildman–Crippen LogP) is 3.05. The molecule has 4 rings (SSSR count). The van der Waals surface area contributed by atoms with Gasteiger partial charge < -0.3 is 4.74 Å². The van der Waals surface area contributed by atoms with Crippen molar-refractivity contribution < 1.29 is 4.74 Å². The summed E-state index contributed by atoms with van der Waals surface area (Å²) >= 11 is 0. The molecule has 0 bridgehead atoms. The Morgan fingerprint density at radius 1 is 1.20 bits per heavy atom. The zero-order chi connectivity index (χ0) is 13.5. The molecular weight excluding hydrogens is 250 g/mol. The number of nitrogens with zero attached hydrogens (tertiary/aromatic N) is 2. The van der Waals surface area contributed by atoms with Crippen LogP contribution >= 0.6 is 0 Å². The number of aromatic amines is 1. The maximum atomic E-state index is 5.30. The molecule has 0 saturated carbocycles. The monoisotopic (exact) mass is 263 g/mol. The topological polar surface area (TPSA) is 50.8 Å². The van der Waals surface area contributed by atoms with Crippen molar-refractivity contribution in [3.8, 4) is 28.4 Å². The number of fused-ring (bicyclic) bond motifs is 3. The summed E-state index contributed by atoms with van der Waals surface area (Å²) in [5.41, 5.74) is 6.61. The number of hydrogen-bond donors (Lipinski definition) is 1. The fourth-order valence-corrected chi connectivity index (χ4v) is 2.73. The first-order valence-corrected chi connectivity index (χ1v) is 6.53. The highest BCUT2D eigenvalue weighted by molar-refractivity contribution is 5.80. The van der Waals surface area contributed by atoms with Crippen molar-refractivity contribution in [1.29, 1.82) is 0 Å². The van der Waals surface area contributed by atoms with Crippen molar-refractivity contribution in [2.75, 3.05) is 7.11 Å². The van der Waals surface area contributed by atoms with Gasteiger partial charge in [0.25, 0.3) is 0 Å². The molecular formula is C16H13N3O. The molecule has 2 heterocycles. The summed E-state index contributed by atoms with van der Waals surface area (Å²) in [7, 11) is 1.68. The van der Waals surface area contributed by atoms with Crippen molar-refractivity contribution in [2.45, 2.75) is 6.42 Å². The van der Waals surface area contributed by atoms with E-state index in [4.69, 9.17) is 4.74 Å². The van der Waals surface area contributed by atoms with Crippen LogP contribution in [0.2, 0.25) is 0 Å². The summed E-state index contributed by atoms with van der Waals surface area (Å²) < 4.78 is 5.30. The molecule has 20 heavy (non-hydrogen) atoms. The molecule has 3 aromatic rings. The van der Waals surface area contributed by atoms with Gasteiger partial charge in [0, 0.05) is 23.7 Å². The fourth-order valence-electron chi connectivity index (χ4n) is 2.73. The molecule has 0 atom stereocenters. The molecule has 1 aromatic carbocycles. The van der Waals surface area contributed by atoms with Gasteiger partial charge in [-0.05, 0) is 29.8 Å². The minimum Gasteiger partial charge on any atom is -0.497 e. The van der Waals surface area contributed by atoms with Gasteiger partial charge in [-0.15, -0.1) is 0 Å². The first-order valence-electron chi connectivity index (χ1n) is 6.53. The van der Waals surface area contributed by atoms with E-state index in [1.807, 2.05) is 30.3 Å². The molecule has 1 aliphatic rings. The molecule has 0 aliphatic heterocycles. The lowest BCUT2D eigenvalue weighted by Crippen LogP contribution is -1.89. The number of ether oxygens (including phenoxy) is 1. The maximum Gasteiger partial charge on any atom is 0.119 e. The number of pyridine rings is 1. The normalized spacial score (nSPS) is 12.1. The van der Waals surface area contributed by atoms with Gasteiger partial charge in [0.05, 0.1) is 24.2 Å². The number of aromatic nitrogens is 3. The molecule has 0 spiro atoms. The predicted molar refractivity (Wildman–Crippen MR) is 76.6 cm³/mol. The molecule has 4 nitrogen and oxygen atoms in total. The second-order valence-electron chi connectivity index (χ2n) is 4.84. The number of nitrogens with one attached hydrogen (secondary N) is 1. The second kappa shape index (κ2) is 4.20. The molecule has 98 valence electrons. The quantitative estimate of drug-likeness (QED) is 0.604. The average Bonchev–Trinajstić information content (AvgIpc) is 3.06. The minimum absolute atomic E-state index is 0.860. The maximum absolute atomic E-state index is 5.30. The third-order valence-electron chi connectivity index (χ3n) is 3.73. The smallest absolute Gasteiger partial charge is 0.119 e. The summed E-state index contributed by atoms with van der Waals surface area (Å²) in [6, 6.07) is 12.1. The van der Waals surface area contributed by atoms with E-state index in [-0.39, 0.29) is 0 Å². The second-order valence-corrected chi connectivity index (χ2v) is 4.84. The molecule has 0 saturated heterocycles. The molecule has 0 fully saturated rings. The lowest BCUT2D eigenvalue weighted by Gasteiger charge is -2.03. The lowest BCUT2D eigenvalue weighted by molar-refractivity contribution is 0.415. The van der Waals surface area contributed by atoms with Crippen molar-refractivity contribution in [2.24, 2.45) is 0 Å². The van der Waals surface area contributed by atoms with Gasteiger partial charge in [0.2, 0.25) is 0 Å². The van der Waals surface area contributed by atoms with E-state index in [2.05, 4.69) is 21.2 Å². The first-order chi connectivity index (χ1) is 9.86. The number of rotatable bonds is 2. The third kappa shape index (κ3) is 1.54.